The summed E-state index contributed by atoms with van der Waals surface area (Å²) in [7, 11) is 0. The van der Waals surface area contributed by atoms with Gasteiger partial charge in [0.25, 0.3) is 0 Å². The van der Waals surface area contributed by atoms with Gasteiger partial charge in [0.15, 0.2) is 0 Å². The molecular formula is C19H23FN2O2. The van der Waals surface area contributed by atoms with Crippen molar-refractivity contribution < 1.29 is 14.0 Å². The van der Waals surface area contributed by atoms with Crippen LogP contribution in [0.2, 0.25) is 0 Å². The van der Waals surface area contributed by atoms with Crippen molar-refractivity contribution in [3.05, 3.63) is 35.6 Å². The molecule has 1 spiro atoms. The zero-order chi connectivity index (χ0) is 16.7. The van der Waals surface area contributed by atoms with E-state index >= 15 is 0 Å². The van der Waals surface area contributed by atoms with E-state index in [-0.39, 0.29) is 17.6 Å². The van der Waals surface area contributed by atoms with Gasteiger partial charge in [-0.25, -0.2) is 4.39 Å². The highest BCUT2D eigenvalue weighted by molar-refractivity contribution is 5.87. The third-order valence-electron chi connectivity index (χ3n) is 5.73. The number of carbonyl (C=O) groups is 2. The molecule has 3 fully saturated rings. The lowest BCUT2D eigenvalue weighted by Gasteiger charge is -2.24. The highest BCUT2D eigenvalue weighted by Gasteiger charge is 2.51. The highest BCUT2D eigenvalue weighted by atomic mass is 19.1. The molecule has 0 unspecified atom stereocenters. The van der Waals surface area contributed by atoms with Crippen molar-refractivity contribution in [3.8, 4) is 0 Å². The first-order chi connectivity index (χ1) is 11.6. The maximum atomic E-state index is 13.3. The zero-order valence-corrected chi connectivity index (χ0v) is 13.8. The van der Waals surface area contributed by atoms with Crippen molar-refractivity contribution >= 4 is 11.8 Å². The summed E-state index contributed by atoms with van der Waals surface area (Å²) in [5, 5.41) is 0. The van der Waals surface area contributed by atoms with Crippen LogP contribution in [0.15, 0.2) is 24.3 Å². The molecule has 0 N–H and O–H groups in total. The maximum Gasteiger partial charge on any atom is 0.231 e. The average Bonchev–Trinajstić information content (AvgIpc) is 3.18. The van der Waals surface area contributed by atoms with Crippen LogP contribution in [0.5, 0.6) is 0 Å². The van der Waals surface area contributed by atoms with Crippen LogP contribution < -0.4 is 0 Å². The molecule has 24 heavy (non-hydrogen) atoms. The standard InChI is InChI=1S/C19H23FN2O2/c20-16-3-1-2-15(10-16)12-21-8-6-19(18(21)24)7-9-22(13-19)17(23)11-14-4-5-14/h1-3,10,14H,4-9,11-13H2/t19-/m0/s1. The minimum atomic E-state index is -0.396. The first-order valence-electron chi connectivity index (χ1n) is 8.87. The van der Waals surface area contributed by atoms with Crippen LogP contribution in [-0.2, 0) is 16.1 Å². The SMILES string of the molecule is O=C(CC1CC1)N1CC[C@@]2(CCN(Cc3cccc(F)c3)C2=O)C1. The Hall–Kier alpha value is -1.91. The number of halogens is 1. The lowest BCUT2D eigenvalue weighted by molar-refractivity contribution is -0.137. The topological polar surface area (TPSA) is 40.6 Å². The van der Waals surface area contributed by atoms with Gasteiger partial charge in [0, 0.05) is 32.6 Å². The highest BCUT2D eigenvalue weighted by Crippen LogP contribution is 2.42. The van der Waals surface area contributed by atoms with Gasteiger partial charge in [0.05, 0.1) is 5.41 Å². The van der Waals surface area contributed by atoms with Gasteiger partial charge in [-0.2, -0.15) is 0 Å². The second kappa shape index (κ2) is 5.87. The van der Waals surface area contributed by atoms with Gasteiger partial charge >= 0.3 is 0 Å². The zero-order valence-electron chi connectivity index (χ0n) is 13.8. The van der Waals surface area contributed by atoms with E-state index in [0.29, 0.717) is 38.5 Å². The van der Waals surface area contributed by atoms with Crippen LogP contribution in [0, 0.1) is 17.2 Å². The number of carbonyl (C=O) groups excluding carboxylic acids is 2. The fraction of sp³-hybridized carbons (Fsp3) is 0.579. The molecule has 1 aliphatic carbocycles. The van der Waals surface area contributed by atoms with E-state index in [4.69, 9.17) is 0 Å². The molecule has 0 radical (unpaired) electrons. The summed E-state index contributed by atoms with van der Waals surface area (Å²) >= 11 is 0. The summed E-state index contributed by atoms with van der Waals surface area (Å²) in [4.78, 5) is 28.9. The fourth-order valence-electron chi connectivity index (χ4n) is 4.06. The van der Waals surface area contributed by atoms with E-state index in [1.165, 1.54) is 25.0 Å². The Balaban J connectivity index is 1.40. The number of benzene rings is 1. The van der Waals surface area contributed by atoms with Crippen molar-refractivity contribution in [3.63, 3.8) is 0 Å². The quantitative estimate of drug-likeness (QED) is 0.851. The molecule has 2 saturated heterocycles. The van der Waals surface area contributed by atoms with Gasteiger partial charge in [-0.15, -0.1) is 0 Å². The molecule has 1 aromatic rings. The molecule has 4 rings (SSSR count). The molecule has 2 amide bonds. The predicted octanol–water partition coefficient (Wildman–Crippen LogP) is 2.58. The normalized spacial score (nSPS) is 26.6. The molecule has 1 atom stereocenters. The van der Waals surface area contributed by atoms with E-state index in [0.717, 1.165) is 18.4 Å². The molecule has 128 valence electrons. The summed E-state index contributed by atoms with van der Waals surface area (Å²) in [6.45, 7) is 2.41. The van der Waals surface area contributed by atoms with E-state index in [9.17, 15) is 14.0 Å². The second-order valence-electron chi connectivity index (χ2n) is 7.60. The Labute approximate surface area is 141 Å². The molecule has 0 aromatic heterocycles. The van der Waals surface area contributed by atoms with Crippen LogP contribution in [0.1, 0.15) is 37.7 Å². The van der Waals surface area contributed by atoms with Crippen molar-refractivity contribution in [1.82, 2.24) is 9.80 Å². The monoisotopic (exact) mass is 330 g/mol. The van der Waals surface area contributed by atoms with Crippen molar-refractivity contribution in [1.29, 1.82) is 0 Å². The minimum Gasteiger partial charge on any atom is -0.342 e. The predicted molar refractivity (Wildman–Crippen MR) is 87.4 cm³/mol. The Morgan fingerprint density at radius 1 is 1.25 bits per heavy atom. The molecule has 2 aliphatic heterocycles. The summed E-state index contributed by atoms with van der Waals surface area (Å²) in [6.07, 6.45) is 4.56. The third-order valence-corrected chi connectivity index (χ3v) is 5.73. The molecule has 4 nitrogen and oxygen atoms in total. The molecule has 3 aliphatic rings. The van der Waals surface area contributed by atoms with Gasteiger partial charge < -0.3 is 9.80 Å². The van der Waals surface area contributed by atoms with Crippen molar-refractivity contribution in [2.45, 2.75) is 38.6 Å². The van der Waals surface area contributed by atoms with Crippen LogP contribution in [0.4, 0.5) is 4.39 Å². The van der Waals surface area contributed by atoms with Crippen LogP contribution >= 0.6 is 0 Å². The molecule has 0 bridgehead atoms. The average molecular weight is 330 g/mol. The third kappa shape index (κ3) is 2.92. The minimum absolute atomic E-state index is 0.133. The van der Waals surface area contributed by atoms with E-state index in [1.54, 1.807) is 6.07 Å². The summed E-state index contributed by atoms with van der Waals surface area (Å²) in [5.74, 6) is 0.656. The lowest BCUT2D eigenvalue weighted by atomic mass is 9.85. The summed E-state index contributed by atoms with van der Waals surface area (Å²) in [5.41, 5.74) is 0.423. The Bertz CT molecular complexity index is 673. The van der Waals surface area contributed by atoms with Crippen molar-refractivity contribution in [2.75, 3.05) is 19.6 Å². The number of hydrogen-bond donors (Lipinski definition) is 0. The van der Waals surface area contributed by atoms with Crippen molar-refractivity contribution in [2.24, 2.45) is 11.3 Å². The van der Waals surface area contributed by atoms with Crippen LogP contribution in [0.3, 0.4) is 0 Å². The summed E-state index contributed by atoms with van der Waals surface area (Å²) < 4.78 is 13.3. The number of likely N-dealkylation sites (tertiary alicyclic amines) is 2. The Morgan fingerprint density at radius 2 is 2.04 bits per heavy atom. The fourth-order valence-corrected chi connectivity index (χ4v) is 4.06. The Morgan fingerprint density at radius 3 is 2.79 bits per heavy atom. The van der Waals surface area contributed by atoms with Crippen LogP contribution in [-0.4, -0.2) is 41.2 Å². The molecule has 1 aromatic carbocycles. The number of hydrogen-bond acceptors (Lipinski definition) is 2. The van der Waals surface area contributed by atoms with Gasteiger partial charge in [-0.3, -0.25) is 9.59 Å². The number of rotatable bonds is 4. The molecular weight excluding hydrogens is 307 g/mol. The molecule has 1 saturated carbocycles. The number of amides is 2. The van der Waals surface area contributed by atoms with E-state index < -0.39 is 5.41 Å². The van der Waals surface area contributed by atoms with Gasteiger partial charge in [0.2, 0.25) is 11.8 Å². The Kier molecular flexibility index (Phi) is 3.82. The van der Waals surface area contributed by atoms with Gasteiger partial charge in [-0.05, 0) is 49.3 Å². The second-order valence-corrected chi connectivity index (χ2v) is 7.60. The van der Waals surface area contributed by atoms with Gasteiger partial charge in [0.1, 0.15) is 5.82 Å². The number of nitrogens with zero attached hydrogens (tertiary/aromatic N) is 2. The van der Waals surface area contributed by atoms with E-state index in [2.05, 4.69) is 0 Å². The first-order valence-corrected chi connectivity index (χ1v) is 8.87. The molecule has 5 heteroatoms. The van der Waals surface area contributed by atoms with Gasteiger partial charge in [-0.1, -0.05) is 12.1 Å². The van der Waals surface area contributed by atoms with Crippen LogP contribution in [0.25, 0.3) is 0 Å². The summed E-state index contributed by atoms with van der Waals surface area (Å²) in [6, 6.07) is 6.42. The lowest BCUT2D eigenvalue weighted by Crippen LogP contribution is -2.38. The first kappa shape index (κ1) is 15.6. The maximum absolute atomic E-state index is 13.3. The van der Waals surface area contributed by atoms with E-state index in [1.807, 2.05) is 15.9 Å². The largest absolute Gasteiger partial charge is 0.342 e. The smallest absolute Gasteiger partial charge is 0.231 e. The molecule has 2 heterocycles.